The van der Waals surface area contributed by atoms with E-state index in [2.05, 4.69) is 197 Å². The molecule has 6 aromatic carbocycles. The van der Waals surface area contributed by atoms with Crippen LogP contribution in [0.4, 0.5) is 8.78 Å². The van der Waals surface area contributed by atoms with Gasteiger partial charge in [0, 0.05) is 142 Å². The molecule has 2 saturated heterocycles. The van der Waals surface area contributed by atoms with Crippen LogP contribution in [-0.4, -0.2) is 204 Å². The molecule has 37 heteroatoms. The third-order valence-electron chi connectivity index (χ3n) is 31.6. The van der Waals surface area contributed by atoms with E-state index in [9.17, 15) is 8.78 Å². The van der Waals surface area contributed by atoms with Crippen molar-refractivity contribution in [3.05, 3.63) is 189 Å². The number of aliphatic hydroxyl groups excluding tert-OH is 1. The first-order valence-electron chi connectivity index (χ1n) is 49.1. The summed E-state index contributed by atoms with van der Waals surface area (Å²) in [6.07, 6.45) is 22.7. The lowest BCUT2D eigenvalue weighted by Crippen LogP contribution is -2.58. The zero-order valence-electron chi connectivity index (χ0n) is 85.4. The summed E-state index contributed by atoms with van der Waals surface area (Å²) in [7, 11) is 7.77. The average Bonchev–Trinajstić information content (AvgIpc) is 1.53. The number of guanidine groups is 2. The van der Waals surface area contributed by atoms with E-state index in [0.29, 0.717) is 56.0 Å². The summed E-state index contributed by atoms with van der Waals surface area (Å²) < 4.78 is 59.0. The van der Waals surface area contributed by atoms with Gasteiger partial charge in [-0.25, -0.2) is 23.7 Å². The molecule has 8 aliphatic carbocycles. The van der Waals surface area contributed by atoms with Crippen molar-refractivity contribution in [2.24, 2.45) is 91.2 Å². The second-order valence-corrected chi connectivity index (χ2v) is 51.0. The fourth-order valence-corrected chi connectivity index (χ4v) is 28.2. The maximum Gasteiger partial charge on any atom is 0.569 e. The number of ether oxygens (including phenoxy) is 4. The summed E-state index contributed by atoms with van der Waals surface area (Å²) in [4.78, 5) is 36.7. The third kappa shape index (κ3) is 25.0. The SMILES string of the molecule is C.C.C.C.CC(C)(C)OO.CC(C)(CN)CN.CCO.COC1CCC2(CC1)Cc1ccc(-c3cc(F)cc(Cl)c3)cc1C21N=C(N)N2CC(C)(C)CN=C21.COC1CCC2(CC1)Cc1ccc(Br)cc1C21N=C(N)N2CC(C)(C)CN=C21.COC1CCC2(CC1)Cc1ccc(Br)cc1C21NC(=S)N2CC(C)(C)CN=C21.COC1CCC2(CC1)Cc1ccc(Br)cc1C21NC(=S)SC1=S.N.O.O[B]Oc1cc(F)cc(Cl)c1. The number of nitrogens with two attached hydrogens (primary N) is 4. The van der Waals surface area contributed by atoms with Crippen molar-refractivity contribution in [2.75, 3.05) is 87.4 Å². The van der Waals surface area contributed by atoms with Crippen molar-refractivity contribution in [3.63, 3.8) is 0 Å². The van der Waals surface area contributed by atoms with Gasteiger partial charge < -0.3 is 83.8 Å². The maximum atomic E-state index is 14.2. The Hall–Kier alpha value is -5.85. The van der Waals surface area contributed by atoms with Crippen LogP contribution >= 0.6 is 119 Å². The fraction of sp³-hybridized carbons (Fsp3) is 0.600. The average molecular weight is 2340 g/mol. The highest BCUT2D eigenvalue weighted by Crippen LogP contribution is 2.68. The monoisotopic (exact) mass is 2340 g/mol. The Morgan fingerprint density at radius 1 is 0.497 bits per heavy atom. The molecule has 18 N–H and O–H groups in total. The van der Waals surface area contributed by atoms with Gasteiger partial charge in [-0.05, 0) is 315 Å². The number of methoxy groups -OCH3 is 4. The minimum atomic E-state index is -0.630. The van der Waals surface area contributed by atoms with Crippen LogP contribution in [0.25, 0.3) is 11.1 Å². The van der Waals surface area contributed by atoms with Gasteiger partial charge in [0.25, 0.3) is 0 Å². The summed E-state index contributed by atoms with van der Waals surface area (Å²) in [5.41, 5.74) is 34.7. The van der Waals surface area contributed by atoms with E-state index in [0.717, 1.165) is 241 Å². The zero-order chi connectivity index (χ0) is 102. The number of halogens is 7. The summed E-state index contributed by atoms with van der Waals surface area (Å²) in [5, 5.41) is 32.6. The van der Waals surface area contributed by atoms with Crippen LogP contribution in [0.5, 0.6) is 5.75 Å². The van der Waals surface area contributed by atoms with E-state index in [4.69, 9.17) is 142 Å². The number of hydrogen-bond acceptors (Lipinski definition) is 25. The van der Waals surface area contributed by atoms with E-state index >= 15 is 0 Å². The molecule has 0 amide bonds. The Morgan fingerprint density at radius 3 is 1.20 bits per heavy atom. The largest absolute Gasteiger partial charge is 0.569 e. The molecule has 7 heterocycles. The van der Waals surface area contributed by atoms with E-state index in [1.165, 1.54) is 57.1 Å². The molecule has 4 atom stereocenters. The summed E-state index contributed by atoms with van der Waals surface area (Å²) in [6.45, 7) is 31.2. The Kier molecular flexibility index (Phi) is 42.9. The number of thioether (sulfide) groups is 1. The molecule has 21 rings (SSSR count). The van der Waals surface area contributed by atoms with Crippen molar-refractivity contribution in [1.29, 1.82) is 0 Å². The molecule has 147 heavy (non-hydrogen) atoms. The number of hydrogen-bond donors (Lipinski definition) is 10. The minimum Gasteiger partial charge on any atom is -0.537 e. The molecule has 7 aliphatic heterocycles. The highest BCUT2D eigenvalue weighted by atomic mass is 79.9. The third-order valence-corrected chi connectivity index (χ3v) is 35.5. The van der Waals surface area contributed by atoms with Crippen molar-refractivity contribution in [1.82, 2.24) is 31.5 Å². The molecule has 4 saturated carbocycles. The number of fused-ring (bicyclic) bond motifs is 18. The number of aliphatic imine (C=N–C) groups is 5. The number of benzene rings is 6. The normalized spacial score (nSPS) is 28.4. The van der Waals surface area contributed by atoms with Gasteiger partial charge in [0.05, 0.1) is 34.2 Å². The number of amidine groups is 3. The molecule has 813 valence electrons. The predicted molar refractivity (Wildman–Crippen MR) is 625 cm³/mol. The van der Waals surface area contributed by atoms with Crippen LogP contribution in [0.3, 0.4) is 0 Å². The lowest BCUT2D eigenvalue weighted by atomic mass is 9.61. The first-order chi connectivity index (χ1) is 66.6. The molecule has 0 bridgehead atoms. The molecule has 1 radical (unpaired) electrons. The smallest absolute Gasteiger partial charge is 0.537 e. The number of thiocarbonyl (C=S) groups is 3. The van der Waals surface area contributed by atoms with Gasteiger partial charge in [-0.15, -0.1) is 0 Å². The van der Waals surface area contributed by atoms with Crippen molar-refractivity contribution in [2.45, 2.75) is 293 Å². The first kappa shape index (κ1) is 126. The van der Waals surface area contributed by atoms with Gasteiger partial charge in [-0.1, -0.05) is 223 Å². The summed E-state index contributed by atoms with van der Waals surface area (Å²) >= 11 is 41.5. The second kappa shape index (κ2) is 49.9. The molecule has 4 unspecified atom stereocenters. The Morgan fingerprint density at radius 2 is 0.837 bits per heavy atom. The van der Waals surface area contributed by atoms with Crippen molar-refractivity contribution in [3.8, 4) is 16.9 Å². The summed E-state index contributed by atoms with van der Waals surface area (Å²) in [5.74, 6) is 3.72. The van der Waals surface area contributed by atoms with Crippen LogP contribution in [0.15, 0.2) is 148 Å². The van der Waals surface area contributed by atoms with Crippen LogP contribution < -0.4 is 44.4 Å². The van der Waals surface area contributed by atoms with E-state index in [1.54, 1.807) is 46.6 Å². The minimum absolute atomic E-state index is 0. The highest BCUT2D eigenvalue weighted by Gasteiger charge is 2.71. The topological polar surface area (TPSA) is 382 Å². The zero-order valence-corrected chi connectivity index (χ0v) is 95.0. The first-order valence-corrected chi connectivity index (χ1v) is 54.3. The Bertz CT molecular complexity index is 5740. The Balaban J connectivity index is 0.000000219. The molecule has 6 aromatic rings. The van der Waals surface area contributed by atoms with E-state index in [-0.39, 0.29) is 125 Å². The van der Waals surface area contributed by atoms with Crippen LogP contribution in [0, 0.1) is 55.0 Å². The summed E-state index contributed by atoms with van der Waals surface area (Å²) in [6, 6.07) is 34.8. The van der Waals surface area contributed by atoms with Gasteiger partial charge in [-0.2, -0.15) is 0 Å². The maximum absolute atomic E-state index is 14.2. The molecule has 6 fully saturated rings. The lowest BCUT2D eigenvalue weighted by Gasteiger charge is -2.49. The van der Waals surface area contributed by atoms with Gasteiger partial charge in [0.15, 0.2) is 28.1 Å². The quantitative estimate of drug-likeness (QED) is 0.0278. The molecule has 25 nitrogen and oxygen atoms in total. The van der Waals surface area contributed by atoms with Crippen LogP contribution in [0.1, 0.15) is 260 Å². The predicted octanol–water partition coefficient (Wildman–Crippen LogP) is 23.0. The van der Waals surface area contributed by atoms with Crippen LogP contribution in [-0.2, 0) is 71.7 Å². The van der Waals surface area contributed by atoms with Crippen molar-refractivity contribution < 1.29 is 58.1 Å². The van der Waals surface area contributed by atoms with Gasteiger partial charge >= 0.3 is 7.69 Å². The number of nitrogens with one attached hydrogen (secondary N) is 2. The molecular weight excluding hydrogens is 2180 g/mol. The molecule has 8 spiro atoms. The standard InChI is InChI=1S/C28H32ClFN4O.C22H29BrN4O.C22H28BrN3OS.C17H18BrNOS3.C6H4BClFO2.C5H14N2.C4H10O2.C2H6O.4CH4.H3N.H2O/c1-26(2)15-32-24-28(33-25(31)34(24)16-26)23-12-17(19-10-20(29)13-21(30)11-19)4-5-18(23)14-27(28)8-6-22(35-3)7-9-27;1-20(2)12-25-18-22(26-19(24)27(18)13-20)17-10-15(23)5-4-14(17)11-21(22)8-6-16(28-3)7-9-21;1-20(2)12-24-18-22(25-19(28)26(18)13-20)17-10-15(23)5-4-14(17)11-21(22)8-6-16(27-3)7-9-21;1-20-12-4-6-16(7-5-12)9-10-2-3-11(18)8-13(10)17(16)14(21)23-15(22)19-17;8-4-1-5(9)3-6(2-4)11-7-10;1-5(2,3-6)4-7;1-4(2,3)6-5;1-2-3;;;;;;/h4-5,10-13,22H,6-9,14-16H2,1-3H3,(H2,31,33);4-5,10,16H,6-9,11-13H2,1-3H3,(H2,24,26);4-5,10,16H,6-9,11-13H2,1-3H3,(H,25,28);2-3,8,12H,4-7,9H2,1H3,(H,19,22);1-3,10H;3-4,6-7H2,1-2H3;5H,1-3H3;3H,2H2,1H3;4*1H4;1H3;1H2. The molecule has 0 aromatic heterocycles. The number of aliphatic hydroxyl groups is 1. The Labute approximate surface area is 929 Å². The van der Waals surface area contributed by atoms with Gasteiger partial charge in [-0.3, -0.25) is 30.0 Å². The molecule has 15 aliphatic rings. The van der Waals surface area contributed by atoms with E-state index < -0.39 is 22.5 Å². The fourth-order valence-electron chi connectivity index (χ4n) is 24.3. The van der Waals surface area contributed by atoms with E-state index in [1.807, 2.05) is 41.2 Å². The number of rotatable bonds is 9. The van der Waals surface area contributed by atoms with Crippen LogP contribution in [0.2, 0.25) is 10.0 Å². The van der Waals surface area contributed by atoms with Gasteiger partial charge in [0.1, 0.15) is 50.3 Å². The lowest BCUT2D eigenvalue weighted by molar-refractivity contribution is -0.306. The second-order valence-electron chi connectivity index (χ2n) is 44.7. The number of nitrogens with zero attached hydrogens (tertiary/aromatic N) is 8. The molecular formula is C110H162BBr3Cl2F2N15O10S4. The van der Waals surface area contributed by atoms with Crippen molar-refractivity contribution >= 4 is 170 Å². The highest BCUT2D eigenvalue weighted by molar-refractivity contribution is 9.11. The van der Waals surface area contributed by atoms with Gasteiger partial charge in [0.2, 0.25) is 0 Å².